The lowest BCUT2D eigenvalue weighted by Gasteiger charge is -2.29. The molecule has 1 amide bonds. The van der Waals surface area contributed by atoms with Crippen molar-refractivity contribution >= 4 is 15.9 Å². The monoisotopic (exact) mass is 267 g/mol. The number of rotatable bonds is 2. The summed E-state index contributed by atoms with van der Waals surface area (Å²) in [5.41, 5.74) is 0.993. The quantitative estimate of drug-likeness (QED) is 0.823. The summed E-state index contributed by atoms with van der Waals surface area (Å²) in [6.07, 6.45) is 1.50. The predicted octanol–water partition coefficient (Wildman–Crippen LogP) is 1.94. The molecule has 1 aliphatic heterocycles. The number of aryl methyl sites for hydroxylation is 1. The van der Waals surface area contributed by atoms with Gasteiger partial charge in [-0.2, -0.15) is 0 Å². The Balaban J connectivity index is 2.36. The Kier molecular flexibility index (Phi) is 3.43. The zero-order valence-electron chi connectivity index (χ0n) is 10.6. The van der Waals surface area contributed by atoms with Gasteiger partial charge in [-0.3, -0.25) is 4.79 Å². The average Bonchev–Trinajstić information content (AvgIpc) is 2.33. The molecule has 1 aromatic rings. The summed E-state index contributed by atoms with van der Waals surface area (Å²) >= 11 is 0. The maximum absolute atomic E-state index is 12.4. The van der Waals surface area contributed by atoms with Gasteiger partial charge in [0.25, 0.3) is 10.0 Å². The molecule has 1 aliphatic rings. The van der Waals surface area contributed by atoms with Crippen molar-refractivity contribution in [1.29, 1.82) is 0 Å². The van der Waals surface area contributed by atoms with Crippen molar-refractivity contribution in [3.8, 4) is 0 Å². The predicted molar refractivity (Wildman–Crippen MR) is 68.5 cm³/mol. The van der Waals surface area contributed by atoms with Gasteiger partial charge in [0.15, 0.2) is 0 Å². The van der Waals surface area contributed by atoms with Gasteiger partial charge in [-0.25, -0.2) is 12.7 Å². The van der Waals surface area contributed by atoms with E-state index in [2.05, 4.69) is 0 Å². The Morgan fingerprint density at radius 3 is 2.44 bits per heavy atom. The number of nitrogens with zero attached hydrogens (tertiary/aromatic N) is 1. The highest BCUT2D eigenvalue weighted by Gasteiger charge is 2.34. The van der Waals surface area contributed by atoms with Gasteiger partial charge in [-0.05, 0) is 31.9 Å². The molecule has 0 spiro atoms. The van der Waals surface area contributed by atoms with E-state index < -0.39 is 10.0 Å². The summed E-state index contributed by atoms with van der Waals surface area (Å²) in [7, 11) is -3.68. The lowest BCUT2D eigenvalue weighted by atomic mass is 10.0. The molecular weight excluding hydrogens is 250 g/mol. The third-order valence-electron chi connectivity index (χ3n) is 3.27. The van der Waals surface area contributed by atoms with Crippen LogP contribution >= 0.6 is 0 Å². The minimum Gasteiger partial charge on any atom is -0.274 e. The molecule has 0 radical (unpaired) electrons. The van der Waals surface area contributed by atoms with Crippen molar-refractivity contribution in [1.82, 2.24) is 4.31 Å². The third kappa shape index (κ3) is 2.27. The normalized spacial score (nSPS) is 21.1. The number of amides is 1. The van der Waals surface area contributed by atoms with Crippen LogP contribution in [0.1, 0.15) is 25.3 Å². The number of hydrogen-bond acceptors (Lipinski definition) is 3. The van der Waals surface area contributed by atoms with Crippen LogP contribution in [0.4, 0.5) is 0 Å². The first-order chi connectivity index (χ1) is 8.43. The van der Waals surface area contributed by atoms with Crippen molar-refractivity contribution < 1.29 is 13.2 Å². The highest BCUT2D eigenvalue weighted by Crippen LogP contribution is 2.24. The minimum absolute atomic E-state index is 0.190. The molecular formula is C13H17NO3S. The molecule has 0 aromatic heterocycles. The number of benzene rings is 1. The SMILES string of the molecule is Cc1ccc(S(=O)(=O)N2CCCC(C)C2=O)cc1. The smallest absolute Gasteiger partial charge is 0.266 e. The molecule has 1 atom stereocenters. The van der Waals surface area contributed by atoms with Crippen LogP contribution in [-0.4, -0.2) is 25.2 Å². The molecule has 1 aromatic carbocycles. The van der Waals surface area contributed by atoms with Crippen molar-refractivity contribution in [2.24, 2.45) is 5.92 Å². The van der Waals surface area contributed by atoms with E-state index >= 15 is 0 Å². The molecule has 1 saturated heterocycles. The highest BCUT2D eigenvalue weighted by molar-refractivity contribution is 7.89. The third-order valence-corrected chi connectivity index (χ3v) is 5.09. The zero-order valence-corrected chi connectivity index (χ0v) is 11.4. The summed E-state index contributed by atoms with van der Waals surface area (Å²) in [4.78, 5) is 12.1. The fraction of sp³-hybridized carbons (Fsp3) is 0.462. The largest absolute Gasteiger partial charge is 0.274 e. The van der Waals surface area contributed by atoms with Crippen LogP contribution in [0.2, 0.25) is 0 Å². The Labute approximate surface area is 108 Å². The Hall–Kier alpha value is -1.36. The molecule has 0 aliphatic carbocycles. The van der Waals surface area contributed by atoms with Crippen molar-refractivity contribution in [2.75, 3.05) is 6.54 Å². The van der Waals surface area contributed by atoms with Crippen LogP contribution in [0, 0.1) is 12.8 Å². The van der Waals surface area contributed by atoms with E-state index in [-0.39, 0.29) is 16.7 Å². The molecule has 18 heavy (non-hydrogen) atoms. The number of carbonyl (C=O) groups is 1. The van der Waals surface area contributed by atoms with E-state index in [4.69, 9.17) is 0 Å². The van der Waals surface area contributed by atoms with E-state index in [0.717, 1.165) is 22.7 Å². The van der Waals surface area contributed by atoms with E-state index in [1.807, 2.05) is 6.92 Å². The van der Waals surface area contributed by atoms with E-state index in [1.165, 1.54) is 0 Å². The van der Waals surface area contributed by atoms with Crippen LogP contribution < -0.4 is 0 Å². The molecule has 98 valence electrons. The van der Waals surface area contributed by atoms with Crippen molar-refractivity contribution in [2.45, 2.75) is 31.6 Å². The van der Waals surface area contributed by atoms with Crippen molar-refractivity contribution in [3.63, 3.8) is 0 Å². The molecule has 1 fully saturated rings. The first-order valence-electron chi connectivity index (χ1n) is 6.06. The van der Waals surface area contributed by atoms with Crippen LogP contribution in [0.3, 0.4) is 0 Å². The maximum atomic E-state index is 12.4. The molecule has 1 heterocycles. The average molecular weight is 267 g/mol. The Bertz CT molecular complexity index is 548. The molecule has 4 nitrogen and oxygen atoms in total. The summed E-state index contributed by atoms with van der Waals surface area (Å²) in [6.45, 7) is 3.96. The van der Waals surface area contributed by atoms with Gasteiger partial charge in [0.2, 0.25) is 5.91 Å². The number of piperidine rings is 1. The number of hydrogen-bond donors (Lipinski definition) is 0. The molecule has 0 N–H and O–H groups in total. The standard InChI is InChI=1S/C13H17NO3S/c1-10-5-7-12(8-6-10)18(16,17)14-9-3-4-11(2)13(14)15/h5-8,11H,3-4,9H2,1-2H3. The van der Waals surface area contributed by atoms with Crippen LogP contribution in [0.15, 0.2) is 29.2 Å². The fourth-order valence-electron chi connectivity index (χ4n) is 2.10. The lowest BCUT2D eigenvalue weighted by molar-refractivity contribution is -0.132. The summed E-state index contributed by atoms with van der Waals surface area (Å²) in [5.74, 6) is -0.499. The topological polar surface area (TPSA) is 54.5 Å². The molecule has 1 unspecified atom stereocenters. The molecule has 2 rings (SSSR count). The van der Waals surface area contributed by atoms with Gasteiger partial charge < -0.3 is 0 Å². The van der Waals surface area contributed by atoms with Crippen molar-refractivity contribution in [3.05, 3.63) is 29.8 Å². The number of carbonyl (C=O) groups excluding carboxylic acids is 1. The van der Waals surface area contributed by atoms with Gasteiger partial charge in [-0.1, -0.05) is 24.6 Å². The van der Waals surface area contributed by atoms with Crippen LogP contribution in [-0.2, 0) is 14.8 Å². The minimum atomic E-state index is -3.68. The van der Waals surface area contributed by atoms with Gasteiger partial charge in [0.05, 0.1) is 4.90 Å². The fourth-order valence-corrected chi connectivity index (χ4v) is 3.62. The Morgan fingerprint density at radius 2 is 1.83 bits per heavy atom. The second-order valence-corrected chi connectivity index (χ2v) is 6.63. The van der Waals surface area contributed by atoms with E-state index in [1.54, 1.807) is 31.2 Å². The first kappa shape index (κ1) is 13.1. The van der Waals surface area contributed by atoms with Gasteiger partial charge in [0.1, 0.15) is 0 Å². The number of sulfonamides is 1. The first-order valence-corrected chi connectivity index (χ1v) is 7.50. The molecule has 0 saturated carbocycles. The second-order valence-electron chi connectivity index (χ2n) is 4.77. The highest BCUT2D eigenvalue weighted by atomic mass is 32.2. The van der Waals surface area contributed by atoms with E-state index in [9.17, 15) is 13.2 Å². The molecule has 0 bridgehead atoms. The lowest BCUT2D eigenvalue weighted by Crippen LogP contribution is -2.43. The van der Waals surface area contributed by atoms with Gasteiger partial charge in [0, 0.05) is 12.5 Å². The second kappa shape index (κ2) is 4.72. The maximum Gasteiger partial charge on any atom is 0.266 e. The zero-order chi connectivity index (χ0) is 13.3. The summed E-state index contributed by atoms with van der Waals surface area (Å²) in [6, 6.07) is 6.59. The van der Waals surface area contributed by atoms with Gasteiger partial charge in [-0.15, -0.1) is 0 Å². The van der Waals surface area contributed by atoms with Crippen LogP contribution in [0.25, 0.3) is 0 Å². The molecule has 5 heteroatoms. The summed E-state index contributed by atoms with van der Waals surface area (Å²) in [5, 5.41) is 0. The van der Waals surface area contributed by atoms with E-state index in [0.29, 0.717) is 6.54 Å². The summed E-state index contributed by atoms with van der Waals surface area (Å²) < 4.78 is 25.7. The van der Waals surface area contributed by atoms with Crippen LogP contribution in [0.5, 0.6) is 0 Å². The van der Waals surface area contributed by atoms with Gasteiger partial charge >= 0.3 is 0 Å². The Morgan fingerprint density at radius 1 is 1.22 bits per heavy atom.